The molecule has 0 aliphatic heterocycles. The van der Waals surface area contributed by atoms with Gasteiger partial charge in [0.2, 0.25) is 0 Å². The highest BCUT2D eigenvalue weighted by Crippen LogP contribution is 2.35. The fourth-order valence-corrected chi connectivity index (χ4v) is 2.05. The van der Waals surface area contributed by atoms with E-state index in [0.29, 0.717) is 6.54 Å². The van der Waals surface area contributed by atoms with Crippen LogP contribution in [0.2, 0.25) is 0 Å². The van der Waals surface area contributed by atoms with Gasteiger partial charge in [0.05, 0.1) is 19.7 Å². The number of nitrogens with zero attached hydrogens (tertiary/aromatic N) is 1. The maximum atomic E-state index is 5.78. The zero-order valence-electron chi connectivity index (χ0n) is 9.78. The van der Waals surface area contributed by atoms with Gasteiger partial charge in [-0.2, -0.15) is 0 Å². The van der Waals surface area contributed by atoms with E-state index in [-0.39, 0.29) is 0 Å². The summed E-state index contributed by atoms with van der Waals surface area (Å²) in [7, 11) is 5.28. The van der Waals surface area contributed by atoms with Gasteiger partial charge in [-0.3, -0.25) is 0 Å². The molecule has 1 aromatic heterocycles. The third-order valence-electron chi connectivity index (χ3n) is 2.83. The predicted octanol–water partition coefficient (Wildman–Crippen LogP) is 1.65. The minimum absolute atomic E-state index is 0.446. The quantitative estimate of drug-likeness (QED) is 0.855. The fourth-order valence-electron chi connectivity index (χ4n) is 2.05. The van der Waals surface area contributed by atoms with E-state index >= 15 is 0 Å². The van der Waals surface area contributed by atoms with Gasteiger partial charge in [0.1, 0.15) is 11.5 Å². The van der Waals surface area contributed by atoms with Gasteiger partial charge < -0.3 is 19.8 Å². The van der Waals surface area contributed by atoms with Crippen molar-refractivity contribution in [3.05, 3.63) is 23.9 Å². The van der Waals surface area contributed by atoms with E-state index in [1.807, 2.05) is 29.9 Å². The minimum atomic E-state index is 0.446. The predicted molar refractivity (Wildman–Crippen MR) is 63.9 cm³/mol. The summed E-state index contributed by atoms with van der Waals surface area (Å²) in [6.45, 7) is 0.446. The molecule has 0 unspecified atom stereocenters. The summed E-state index contributed by atoms with van der Waals surface area (Å²) < 4.78 is 12.7. The summed E-state index contributed by atoms with van der Waals surface area (Å²) in [5.41, 5.74) is 7.85. The van der Waals surface area contributed by atoms with E-state index in [0.717, 1.165) is 28.0 Å². The zero-order chi connectivity index (χ0) is 11.7. The van der Waals surface area contributed by atoms with Crippen molar-refractivity contribution in [2.45, 2.75) is 6.54 Å². The van der Waals surface area contributed by atoms with Crippen LogP contribution in [0.3, 0.4) is 0 Å². The number of hydrogen-bond acceptors (Lipinski definition) is 3. The molecule has 2 N–H and O–H groups in total. The number of methoxy groups -OCH3 is 2. The number of fused-ring (bicyclic) bond motifs is 1. The first-order valence-corrected chi connectivity index (χ1v) is 5.11. The van der Waals surface area contributed by atoms with Crippen molar-refractivity contribution in [3.8, 4) is 11.5 Å². The Bertz CT molecular complexity index is 517. The van der Waals surface area contributed by atoms with Crippen LogP contribution in [-0.2, 0) is 13.6 Å². The topological polar surface area (TPSA) is 49.4 Å². The van der Waals surface area contributed by atoms with Gasteiger partial charge in [-0.05, 0) is 6.07 Å². The number of aryl methyl sites for hydroxylation is 1. The minimum Gasteiger partial charge on any atom is -0.496 e. The molecule has 1 aromatic carbocycles. The SMILES string of the molecule is COc1cc(OC)c2ccn(C)c2c1CN. The second-order valence-electron chi connectivity index (χ2n) is 3.65. The lowest BCUT2D eigenvalue weighted by Crippen LogP contribution is -2.03. The lowest BCUT2D eigenvalue weighted by Gasteiger charge is -2.12. The summed E-state index contributed by atoms with van der Waals surface area (Å²) in [6.07, 6.45) is 1.99. The summed E-state index contributed by atoms with van der Waals surface area (Å²) in [4.78, 5) is 0. The molecule has 0 atom stereocenters. The highest BCUT2D eigenvalue weighted by atomic mass is 16.5. The van der Waals surface area contributed by atoms with Gasteiger partial charge in [0.15, 0.2) is 0 Å². The Kier molecular flexibility index (Phi) is 2.75. The lowest BCUT2D eigenvalue weighted by atomic mass is 10.1. The molecular formula is C12H16N2O2. The average molecular weight is 220 g/mol. The Morgan fingerprint density at radius 2 is 1.94 bits per heavy atom. The molecular weight excluding hydrogens is 204 g/mol. The van der Waals surface area contributed by atoms with Crippen molar-refractivity contribution in [1.82, 2.24) is 4.57 Å². The lowest BCUT2D eigenvalue weighted by molar-refractivity contribution is 0.394. The number of ether oxygens (including phenoxy) is 2. The van der Waals surface area contributed by atoms with Crippen molar-refractivity contribution >= 4 is 10.9 Å². The third kappa shape index (κ3) is 1.42. The molecule has 0 aliphatic carbocycles. The highest BCUT2D eigenvalue weighted by molar-refractivity contribution is 5.91. The van der Waals surface area contributed by atoms with Crippen LogP contribution < -0.4 is 15.2 Å². The summed E-state index contributed by atoms with van der Waals surface area (Å²) in [5, 5.41) is 1.06. The molecule has 0 aliphatic rings. The largest absolute Gasteiger partial charge is 0.496 e. The third-order valence-corrected chi connectivity index (χ3v) is 2.83. The van der Waals surface area contributed by atoms with Gasteiger partial charge in [-0.1, -0.05) is 0 Å². The van der Waals surface area contributed by atoms with Crippen LogP contribution in [-0.4, -0.2) is 18.8 Å². The molecule has 0 spiro atoms. The summed E-state index contributed by atoms with van der Waals surface area (Å²) in [5.74, 6) is 1.58. The van der Waals surface area contributed by atoms with Crippen LogP contribution in [0.5, 0.6) is 11.5 Å². The van der Waals surface area contributed by atoms with Gasteiger partial charge in [-0.15, -0.1) is 0 Å². The van der Waals surface area contributed by atoms with E-state index in [4.69, 9.17) is 15.2 Å². The van der Waals surface area contributed by atoms with Crippen molar-refractivity contribution in [2.75, 3.05) is 14.2 Å². The smallest absolute Gasteiger partial charge is 0.131 e. The second kappa shape index (κ2) is 4.06. The fraction of sp³-hybridized carbons (Fsp3) is 0.333. The highest BCUT2D eigenvalue weighted by Gasteiger charge is 2.14. The van der Waals surface area contributed by atoms with Crippen LogP contribution >= 0.6 is 0 Å². The monoisotopic (exact) mass is 220 g/mol. The van der Waals surface area contributed by atoms with E-state index in [9.17, 15) is 0 Å². The maximum absolute atomic E-state index is 5.78. The molecule has 2 aromatic rings. The molecule has 0 radical (unpaired) electrons. The van der Waals surface area contributed by atoms with Crippen LogP contribution in [0.1, 0.15) is 5.56 Å². The molecule has 0 amide bonds. The first-order chi connectivity index (χ1) is 7.72. The molecule has 0 fully saturated rings. The zero-order valence-corrected chi connectivity index (χ0v) is 9.78. The van der Waals surface area contributed by atoms with Crippen molar-refractivity contribution in [2.24, 2.45) is 12.8 Å². The van der Waals surface area contributed by atoms with E-state index < -0.39 is 0 Å². The molecule has 4 nitrogen and oxygen atoms in total. The number of hydrogen-bond donors (Lipinski definition) is 1. The van der Waals surface area contributed by atoms with E-state index in [1.165, 1.54) is 0 Å². The Morgan fingerprint density at radius 1 is 1.25 bits per heavy atom. The Hall–Kier alpha value is -1.68. The molecule has 1 heterocycles. The maximum Gasteiger partial charge on any atom is 0.131 e. The van der Waals surface area contributed by atoms with E-state index in [1.54, 1.807) is 14.2 Å². The Balaban J connectivity index is 2.86. The second-order valence-corrected chi connectivity index (χ2v) is 3.65. The summed E-state index contributed by atoms with van der Waals surface area (Å²) >= 11 is 0. The van der Waals surface area contributed by atoms with E-state index in [2.05, 4.69) is 0 Å². The van der Waals surface area contributed by atoms with Gasteiger partial charge >= 0.3 is 0 Å². The molecule has 16 heavy (non-hydrogen) atoms. The van der Waals surface area contributed by atoms with Gasteiger partial charge in [0.25, 0.3) is 0 Å². The molecule has 2 rings (SSSR count). The first-order valence-electron chi connectivity index (χ1n) is 5.11. The standard InChI is InChI=1S/C12H16N2O2/c1-14-5-4-8-10(15-2)6-11(16-3)9(7-13)12(8)14/h4-6H,7,13H2,1-3H3. The van der Waals surface area contributed by atoms with Crippen LogP contribution in [0.25, 0.3) is 10.9 Å². The van der Waals surface area contributed by atoms with Crippen LogP contribution in [0.15, 0.2) is 18.3 Å². The molecule has 0 saturated carbocycles. The van der Waals surface area contributed by atoms with Gasteiger partial charge in [-0.25, -0.2) is 0 Å². The number of benzene rings is 1. The number of nitrogens with two attached hydrogens (primary N) is 1. The molecule has 0 saturated heterocycles. The number of rotatable bonds is 3. The van der Waals surface area contributed by atoms with Crippen molar-refractivity contribution in [1.29, 1.82) is 0 Å². The van der Waals surface area contributed by atoms with Crippen molar-refractivity contribution < 1.29 is 9.47 Å². The molecule has 0 bridgehead atoms. The number of aromatic nitrogens is 1. The van der Waals surface area contributed by atoms with Crippen LogP contribution in [0, 0.1) is 0 Å². The Labute approximate surface area is 94.6 Å². The molecule has 86 valence electrons. The molecule has 4 heteroatoms. The average Bonchev–Trinajstić information content (AvgIpc) is 2.70. The van der Waals surface area contributed by atoms with Gasteiger partial charge in [0, 0.05) is 36.8 Å². The first kappa shape index (κ1) is 10.8. The normalized spacial score (nSPS) is 10.8. The van der Waals surface area contributed by atoms with Crippen molar-refractivity contribution in [3.63, 3.8) is 0 Å². The van der Waals surface area contributed by atoms with Crippen LogP contribution in [0.4, 0.5) is 0 Å². The Morgan fingerprint density at radius 3 is 2.50 bits per heavy atom. The summed E-state index contributed by atoms with van der Waals surface area (Å²) in [6, 6.07) is 3.90.